The van der Waals surface area contributed by atoms with Gasteiger partial charge < -0.3 is 30.0 Å². The molecule has 0 aliphatic carbocycles. The number of nitrogens with one attached hydrogen (secondary N) is 2. The van der Waals surface area contributed by atoms with Crippen molar-refractivity contribution >= 4 is 46.1 Å². The number of piperidine rings is 1. The van der Waals surface area contributed by atoms with E-state index < -0.39 is 35.6 Å². The van der Waals surface area contributed by atoms with Crippen molar-refractivity contribution < 1.29 is 42.9 Å². The average molecular weight is 780 g/mol. The summed E-state index contributed by atoms with van der Waals surface area (Å²) in [5, 5.41) is 19.2. The first-order valence-electron chi connectivity index (χ1n) is 18.5. The molecule has 5 amide bonds. The molecule has 0 bridgehead atoms. The second kappa shape index (κ2) is 18.1. The molecule has 2 aromatic heterocycles. The second-order valence-corrected chi connectivity index (χ2v) is 13.1. The lowest BCUT2D eigenvalue weighted by atomic mass is 10.0. The maximum Gasteiger partial charge on any atom is 0.264 e. The van der Waals surface area contributed by atoms with Gasteiger partial charge in [0.2, 0.25) is 11.8 Å². The lowest BCUT2D eigenvalue weighted by molar-refractivity contribution is -0.136. The Morgan fingerprint density at radius 2 is 1.53 bits per heavy atom. The fourth-order valence-electron chi connectivity index (χ4n) is 6.54. The smallest absolute Gasteiger partial charge is 0.264 e. The van der Waals surface area contributed by atoms with Crippen LogP contribution in [-0.2, 0) is 35.1 Å². The number of amides is 5. The van der Waals surface area contributed by atoms with Gasteiger partial charge in [-0.15, -0.1) is 5.10 Å². The zero-order chi connectivity index (χ0) is 39.7. The number of nitrogens with zero attached hydrogens (tertiary/aromatic N) is 6. The monoisotopic (exact) mass is 779 g/mol. The van der Waals surface area contributed by atoms with E-state index in [2.05, 4.69) is 26.0 Å². The predicted octanol–water partition coefficient (Wildman–Crippen LogP) is 1.96. The lowest BCUT2D eigenvalue weighted by Crippen LogP contribution is -2.54. The summed E-state index contributed by atoms with van der Waals surface area (Å²) >= 11 is 0. The molecule has 0 spiro atoms. The molecule has 5 aromatic rings. The number of carbonyl (C=O) groups is 5. The van der Waals surface area contributed by atoms with Crippen molar-refractivity contribution in [3.63, 3.8) is 0 Å². The molecule has 2 aliphatic heterocycles. The molecule has 1 fully saturated rings. The quantitative estimate of drug-likeness (QED) is 0.0760. The summed E-state index contributed by atoms with van der Waals surface area (Å²) in [4.78, 5) is 62.7. The molecule has 1 atom stereocenters. The van der Waals surface area contributed by atoms with E-state index in [1.54, 1.807) is 39.7 Å². The Hall–Kier alpha value is -6.34. The first kappa shape index (κ1) is 38.9. The van der Waals surface area contributed by atoms with Gasteiger partial charge in [-0.3, -0.25) is 34.2 Å². The van der Waals surface area contributed by atoms with Crippen LogP contribution < -0.4 is 16.4 Å². The summed E-state index contributed by atoms with van der Waals surface area (Å²) in [5.41, 5.74) is 9.77. The van der Waals surface area contributed by atoms with Crippen LogP contribution in [0.15, 0.2) is 73.1 Å². The molecule has 1 unspecified atom stereocenters. The van der Waals surface area contributed by atoms with Crippen LogP contribution in [0.3, 0.4) is 0 Å². The molecule has 2 aliphatic rings. The molecule has 1 saturated heterocycles. The van der Waals surface area contributed by atoms with E-state index in [-0.39, 0.29) is 24.0 Å². The van der Waals surface area contributed by atoms with E-state index >= 15 is 0 Å². The van der Waals surface area contributed by atoms with Crippen molar-refractivity contribution in [1.29, 1.82) is 0 Å². The Kier molecular flexibility index (Phi) is 12.3. The topological polar surface area (TPSA) is 224 Å². The Labute approximate surface area is 326 Å². The summed E-state index contributed by atoms with van der Waals surface area (Å²) in [6.45, 7) is 4.04. The highest BCUT2D eigenvalue weighted by Crippen LogP contribution is 2.32. The third-order valence-electron chi connectivity index (χ3n) is 9.38. The number of hydrogen-bond donors (Lipinski definition) is 3. The first-order valence-corrected chi connectivity index (χ1v) is 18.5. The number of ether oxygens (including phenoxy) is 4. The van der Waals surface area contributed by atoms with Crippen LogP contribution in [0.4, 0.5) is 5.69 Å². The highest BCUT2D eigenvalue weighted by atomic mass is 16.6. The highest BCUT2D eigenvalue weighted by Gasteiger charge is 2.45. The van der Waals surface area contributed by atoms with E-state index in [4.69, 9.17) is 24.7 Å². The number of fused-ring (bicyclic) bond motifs is 2. The van der Waals surface area contributed by atoms with Gasteiger partial charge in [-0.25, -0.2) is 9.36 Å². The summed E-state index contributed by atoms with van der Waals surface area (Å²) in [5.74, 6) is -2.71. The number of aromatic nitrogens is 5. The summed E-state index contributed by atoms with van der Waals surface area (Å²) in [6, 6.07) is 16.9. The number of hydrogen-bond acceptors (Lipinski definition) is 13. The van der Waals surface area contributed by atoms with Crippen LogP contribution in [0.1, 0.15) is 43.9 Å². The van der Waals surface area contributed by atoms with Gasteiger partial charge in [0.05, 0.1) is 88.0 Å². The zero-order valence-corrected chi connectivity index (χ0v) is 30.9. The molecule has 7 rings (SSSR count). The SMILES string of the molecule is NC(=O)c1cccc2cn(-c3ccc(-c4cn(CCOCCOCCOCCOCCNc5cccc6c5C(=O)N(C5CCC(=O)NC5=O)C6=O)nn4)cc3)nc12. The number of primary amides is 1. The summed E-state index contributed by atoms with van der Waals surface area (Å²) < 4.78 is 25.8. The number of carbonyl (C=O) groups excluding carboxylic acids is 5. The molecule has 4 N–H and O–H groups in total. The Bertz CT molecular complexity index is 2270. The van der Waals surface area contributed by atoms with Crippen molar-refractivity contribution in [1.82, 2.24) is 35.0 Å². The Morgan fingerprint density at radius 1 is 0.825 bits per heavy atom. The van der Waals surface area contributed by atoms with Crippen molar-refractivity contribution in [3.8, 4) is 16.9 Å². The molecule has 3 aromatic carbocycles. The third kappa shape index (κ3) is 9.05. The third-order valence-corrected chi connectivity index (χ3v) is 9.38. The summed E-state index contributed by atoms with van der Waals surface area (Å²) in [7, 11) is 0. The van der Waals surface area contributed by atoms with Crippen molar-refractivity contribution in [2.45, 2.75) is 25.4 Å². The molecular weight excluding hydrogens is 738 g/mol. The van der Waals surface area contributed by atoms with E-state index in [9.17, 15) is 24.0 Å². The van der Waals surface area contributed by atoms with Gasteiger partial charge in [0.25, 0.3) is 17.7 Å². The van der Waals surface area contributed by atoms with Crippen LogP contribution in [0.2, 0.25) is 0 Å². The number of rotatable bonds is 20. The standard InChI is InChI=1S/C39H41N9O9/c40-36(50)29-5-1-3-26-23-47(44-35(26)29)27-9-7-25(8-10-27)31-24-46(45-43-31)14-16-55-18-20-57-22-21-56-19-17-54-15-13-41-30-6-2-4-28-34(30)39(53)48(38(28)52)32-11-12-33(49)42-37(32)51/h1-10,23-24,32,41H,11-22H2,(H2,40,50)(H,42,49,51). The second-order valence-electron chi connectivity index (χ2n) is 13.1. The molecule has 57 heavy (non-hydrogen) atoms. The number of imide groups is 2. The fraction of sp³-hybridized carbons (Fsp3) is 0.333. The number of anilines is 1. The highest BCUT2D eigenvalue weighted by molar-refractivity contribution is 6.25. The molecular formula is C39H41N9O9. The number of benzene rings is 3. The maximum atomic E-state index is 13.2. The molecule has 0 radical (unpaired) electrons. The Balaban J connectivity index is 0.718. The fourth-order valence-corrected chi connectivity index (χ4v) is 6.54. The minimum atomic E-state index is -1.02. The van der Waals surface area contributed by atoms with Crippen molar-refractivity contribution in [2.75, 3.05) is 64.7 Å². The van der Waals surface area contributed by atoms with E-state index in [0.29, 0.717) is 82.7 Å². The van der Waals surface area contributed by atoms with E-state index in [0.717, 1.165) is 27.2 Å². The Morgan fingerprint density at radius 3 is 2.25 bits per heavy atom. The maximum absolute atomic E-state index is 13.2. The van der Waals surface area contributed by atoms with Crippen molar-refractivity contribution in [3.05, 3.63) is 89.7 Å². The van der Waals surface area contributed by atoms with Crippen molar-refractivity contribution in [2.24, 2.45) is 5.73 Å². The van der Waals surface area contributed by atoms with Gasteiger partial charge in [-0.05, 0) is 36.8 Å². The zero-order valence-electron chi connectivity index (χ0n) is 30.9. The largest absolute Gasteiger partial charge is 0.382 e. The minimum absolute atomic E-state index is 0.0600. The van der Waals surface area contributed by atoms with Crippen LogP contribution >= 0.6 is 0 Å². The molecule has 296 valence electrons. The predicted molar refractivity (Wildman–Crippen MR) is 203 cm³/mol. The van der Waals surface area contributed by atoms with Gasteiger partial charge in [0.1, 0.15) is 17.3 Å². The first-order chi connectivity index (χ1) is 27.8. The van der Waals surface area contributed by atoms with Crippen LogP contribution in [0.25, 0.3) is 27.8 Å². The van der Waals surface area contributed by atoms with Gasteiger partial charge >= 0.3 is 0 Å². The van der Waals surface area contributed by atoms with Gasteiger partial charge in [0.15, 0.2) is 0 Å². The summed E-state index contributed by atoms with van der Waals surface area (Å²) in [6.07, 6.45) is 3.87. The van der Waals surface area contributed by atoms with E-state index in [1.165, 1.54) is 0 Å². The van der Waals surface area contributed by atoms with E-state index in [1.807, 2.05) is 42.7 Å². The van der Waals surface area contributed by atoms with Gasteiger partial charge in [0, 0.05) is 35.8 Å². The molecule has 0 saturated carbocycles. The molecule has 18 nitrogen and oxygen atoms in total. The van der Waals surface area contributed by atoms with Gasteiger partial charge in [-0.1, -0.05) is 35.5 Å². The lowest BCUT2D eigenvalue weighted by Gasteiger charge is -2.27. The molecule has 4 heterocycles. The normalized spacial score (nSPS) is 15.4. The average Bonchev–Trinajstić information content (AvgIpc) is 3.93. The molecule has 18 heteroatoms. The van der Waals surface area contributed by atoms with Crippen LogP contribution in [-0.4, -0.2) is 125 Å². The van der Waals surface area contributed by atoms with Crippen LogP contribution in [0.5, 0.6) is 0 Å². The van der Waals surface area contributed by atoms with Gasteiger partial charge in [-0.2, -0.15) is 5.10 Å². The minimum Gasteiger partial charge on any atom is -0.382 e. The number of nitrogens with two attached hydrogens (primary N) is 1. The van der Waals surface area contributed by atoms with Crippen LogP contribution in [0, 0.1) is 0 Å².